The third-order valence-electron chi connectivity index (χ3n) is 2.77. The molecule has 0 atom stereocenters. The van der Waals surface area contributed by atoms with Gasteiger partial charge in [0.05, 0.1) is 5.71 Å². The minimum atomic E-state index is -0.326. The first-order valence-corrected chi connectivity index (χ1v) is 6.91. The first kappa shape index (κ1) is 15.4. The number of carbonyl (C=O) groups excluding carboxylic acids is 1. The summed E-state index contributed by atoms with van der Waals surface area (Å²) >= 11 is 0. The van der Waals surface area contributed by atoms with Crippen molar-refractivity contribution in [2.75, 3.05) is 0 Å². The van der Waals surface area contributed by atoms with E-state index in [4.69, 9.17) is 0 Å². The van der Waals surface area contributed by atoms with Crippen LogP contribution in [0.1, 0.15) is 23.0 Å². The number of hydrogen-bond donors (Lipinski definition) is 1. The van der Waals surface area contributed by atoms with E-state index in [1.807, 2.05) is 61.6 Å². The van der Waals surface area contributed by atoms with E-state index in [9.17, 15) is 4.79 Å². The summed E-state index contributed by atoms with van der Waals surface area (Å²) in [5.74, 6) is -0.326. The predicted molar refractivity (Wildman–Crippen MR) is 89.4 cm³/mol. The van der Waals surface area contributed by atoms with Gasteiger partial charge in [-0.2, -0.15) is 5.10 Å². The topological polar surface area (TPSA) is 54.4 Å². The van der Waals surface area contributed by atoms with Crippen LogP contribution in [0.5, 0.6) is 0 Å². The minimum Gasteiger partial charge on any atom is -0.266 e. The molecule has 0 saturated carbocycles. The van der Waals surface area contributed by atoms with Crippen molar-refractivity contribution in [1.29, 1.82) is 0 Å². The molecule has 0 spiro atoms. The number of allylic oxidation sites excluding steroid dienone is 3. The molecule has 0 aliphatic carbocycles. The van der Waals surface area contributed by atoms with Gasteiger partial charge in [0.2, 0.25) is 0 Å². The zero-order valence-electron chi connectivity index (χ0n) is 12.3. The summed E-state index contributed by atoms with van der Waals surface area (Å²) in [5, 5.41) is 4.00. The maximum absolute atomic E-state index is 11.7. The number of hydrazone groups is 1. The lowest BCUT2D eigenvalue weighted by atomic mass is 10.2. The summed E-state index contributed by atoms with van der Waals surface area (Å²) in [6, 6.07) is 15.2. The smallest absolute Gasteiger partial charge is 0.266 e. The van der Waals surface area contributed by atoms with Gasteiger partial charge in [-0.1, -0.05) is 54.6 Å². The molecule has 1 aromatic heterocycles. The van der Waals surface area contributed by atoms with Gasteiger partial charge in [-0.15, -0.1) is 0 Å². The minimum absolute atomic E-state index is 0.326. The molecule has 0 aliphatic rings. The molecule has 4 heteroatoms. The quantitative estimate of drug-likeness (QED) is 0.521. The summed E-state index contributed by atoms with van der Waals surface area (Å²) in [5.41, 5.74) is 4.63. The fourth-order valence-electron chi connectivity index (χ4n) is 1.66. The fraction of sp³-hybridized carbons (Fsp3) is 0.0556. The molecular formula is C18H17N3O. The van der Waals surface area contributed by atoms with Crippen LogP contribution in [-0.4, -0.2) is 16.6 Å². The Hall–Kier alpha value is -3.01. The van der Waals surface area contributed by atoms with Crippen LogP contribution in [0.15, 0.2) is 78.1 Å². The summed E-state index contributed by atoms with van der Waals surface area (Å²) in [6.07, 6.45) is 9.18. The highest BCUT2D eigenvalue weighted by Crippen LogP contribution is 2.00. The number of carbonyl (C=O) groups is 1. The van der Waals surface area contributed by atoms with Gasteiger partial charge in [0, 0.05) is 6.20 Å². The highest BCUT2D eigenvalue weighted by Gasteiger charge is 2.03. The third kappa shape index (κ3) is 5.17. The largest absolute Gasteiger partial charge is 0.289 e. The molecule has 4 nitrogen and oxygen atoms in total. The SMILES string of the molecule is CC(C=CC=Cc1ccccc1)=NNC(=O)c1ccccn1. The molecule has 0 aliphatic heterocycles. The Balaban J connectivity index is 1.86. The number of rotatable bonds is 5. The molecule has 1 heterocycles. The Bertz CT molecular complexity index is 689. The summed E-state index contributed by atoms with van der Waals surface area (Å²) < 4.78 is 0. The predicted octanol–water partition coefficient (Wildman–Crippen LogP) is 3.46. The van der Waals surface area contributed by atoms with Crippen molar-refractivity contribution in [3.05, 3.63) is 84.2 Å². The van der Waals surface area contributed by atoms with Crippen LogP contribution in [-0.2, 0) is 0 Å². The van der Waals surface area contributed by atoms with Gasteiger partial charge < -0.3 is 0 Å². The van der Waals surface area contributed by atoms with Crippen LogP contribution in [0.25, 0.3) is 6.08 Å². The molecule has 1 aromatic carbocycles. The van der Waals surface area contributed by atoms with E-state index in [0.717, 1.165) is 5.56 Å². The van der Waals surface area contributed by atoms with Crippen LogP contribution in [0.4, 0.5) is 0 Å². The second kappa shape index (κ2) is 8.32. The van der Waals surface area contributed by atoms with E-state index in [0.29, 0.717) is 11.4 Å². The van der Waals surface area contributed by atoms with Crippen LogP contribution in [0, 0.1) is 0 Å². The second-order valence-corrected chi connectivity index (χ2v) is 4.54. The van der Waals surface area contributed by atoms with E-state index in [2.05, 4.69) is 15.5 Å². The lowest BCUT2D eigenvalue weighted by Crippen LogP contribution is -2.19. The van der Waals surface area contributed by atoms with Gasteiger partial charge >= 0.3 is 0 Å². The highest BCUT2D eigenvalue weighted by molar-refractivity contribution is 5.96. The summed E-state index contributed by atoms with van der Waals surface area (Å²) in [6.45, 7) is 1.81. The van der Waals surface area contributed by atoms with Gasteiger partial charge in [0.25, 0.3) is 5.91 Å². The van der Waals surface area contributed by atoms with Gasteiger partial charge in [-0.05, 0) is 30.7 Å². The van der Waals surface area contributed by atoms with E-state index in [1.54, 1.807) is 24.4 Å². The number of pyridine rings is 1. The first-order chi connectivity index (χ1) is 10.8. The first-order valence-electron chi connectivity index (χ1n) is 6.91. The van der Waals surface area contributed by atoms with Gasteiger partial charge in [-0.3, -0.25) is 9.78 Å². The molecule has 0 fully saturated rings. The molecule has 22 heavy (non-hydrogen) atoms. The molecule has 0 saturated heterocycles. The van der Waals surface area contributed by atoms with Crippen LogP contribution >= 0.6 is 0 Å². The van der Waals surface area contributed by atoms with Gasteiger partial charge in [0.1, 0.15) is 5.69 Å². The molecule has 1 N–H and O–H groups in total. The zero-order valence-corrected chi connectivity index (χ0v) is 12.3. The van der Waals surface area contributed by atoms with Crippen LogP contribution < -0.4 is 5.43 Å². The van der Waals surface area contributed by atoms with Crippen molar-refractivity contribution < 1.29 is 4.79 Å². The number of benzene rings is 1. The molecular weight excluding hydrogens is 274 g/mol. The molecule has 110 valence electrons. The summed E-state index contributed by atoms with van der Waals surface area (Å²) in [7, 11) is 0. The Morgan fingerprint density at radius 3 is 2.59 bits per heavy atom. The van der Waals surface area contributed by atoms with E-state index in [1.165, 1.54) is 0 Å². The van der Waals surface area contributed by atoms with Gasteiger partial charge in [0.15, 0.2) is 0 Å². The number of hydrogen-bond acceptors (Lipinski definition) is 3. The Kier molecular flexibility index (Phi) is 5.81. The Labute approximate surface area is 129 Å². The number of nitrogens with one attached hydrogen (secondary N) is 1. The summed E-state index contributed by atoms with van der Waals surface area (Å²) in [4.78, 5) is 15.7. The number of nitrogens with zero attached hydrogens (tertiary/aromatic N) is 2. The monoisotopic (exact) mass is 291 g/mol. The molecule has 0 radical (unpaired) electrons. The van der Waals surface area contributed by atoms with Crippen molar-refractivity contribution in [2.45, 2.75) is 6.92 Å². The Morgan fingerprint density at radius 1 is 1.09 bits per heavy atom. The van der Waals surface area contributed by atoms with Gasteiger partial charge in [-0.25, -0.2) is 5.43 Å². The number of amides is 1. The van der Waals surface area contributed by atoms with Crippen molar-refractivity contribution in [3.8, 4) is 0 Å². The normalized spacial score (nSPS) is 12.0. The maximum Gasteiger partial charge on any atom is 0.289 e. The molecule has 0 unspecified atom stereocenters. The lowest BCUT2D eigenvalue weighted by molar-refractivity contribution is 0.0950. The average Bonchev–Trinajstić information content (AvgIpc) is 2.58. The van der Waals surface area contributed by atoms with Crippen LogP contribution in [0.2, 0.25) is 0 Å². The van der Waals surface area contributed by atoms with E-state index < -0.39 is 0 Å². The molecule has 1 amide bonds. The van der Waals surface area contributed by atoms with Crippen molar-refractivity contribution in [1.82, 2.24) is 10.4 Å². The van der Waals surface area contributed by atoms with Crippen molar-refractivity contribution >= 4 is 17.7 Å². The van der Waals surface area contributed by atoms with E-state index in [-0.39, 0.29) is 5.91 Å². The Morgan fingerprint density at radius 2 is 1.86 bits per heavy atom. The number of aromatic nitrogens is 1. The zero-order chi connectivity index (χ0) is 15.6. The highest BCUT2D eigenvalue weighted by atomic mass is 16.2. The van der Waals surface area contributed by atoms with E-state index >= 15 is 0 Å². The van der Waals surface area contributed by atoms with Crippen molar-refractivity contribution in [3.63, 3.8) is 0 Å². The maximum atomic E-state index is 11.7. The fourth-order valence-corrected chi connectivity index (χ4v) is 1.66. The lowest BCUT2D eigenvalue weighted by Gasteiger charge is -1.98. The second-order valence-electron chi connectivity index (χ2n) is 4.54. The molecule has 0 bridgehead atoms. The van der Waals surface area contributed by atoms with Crippen LogP contribution in [0.3, 0.4) is 0 Å². The average molecular weight is 291 g/mol. The molecule has 2 aromatic rings. The standard InChI is InChI=1S/C18H17N3O/c1-15(9-5-6-12-16-10-3-2-4-11-16)20-21-18(22)17-13-7-8-14-19-17/h2-14H,1H3,(H,21,22). The van der Waals surface area contributed by atoms with Crippen molar-refractivity contribution in [2.24, 2.45) is 5.10 Å². The molecule has 2 rings (SSSR count). The third-order valence-corrected chi connectivity index (χ3v) is 2.77.